The van der Waals surface area contributed by atoms with Crippen molar-refractivity contribution in [2.24, 2.45) is 0 Å². The summed E-state index contributed by atoms with van der Waals surface area (Å²) in [4.78, 5) is 22.8. The molecule has 8 nitrogen and oxygen atoms in total. The Morgan fingerprint density at radius 3 is 2.58 bits per heavy atom. The molecule has 2 aliphatic rings. The molecule has 0 aliphatic carbocycles. The van der Waals surface area contributed by atoms with Gasteiger partial charge in [-0.05, 0) is 6.92 Å². The lowest BCUT2D eigenvalue weighted by atomic mass is 9.97. The number of esters is 1. The Kier molecular flexibility index (Phi) is 6.00. The molecule has 0 spiro atoms. The number of carbonyl (C=O) groups excluding carboxylic acids is 2. The molecule has 1 unspecified atom stereocenters. The molecular weight excluding hydrogens is 344 g/mol. The van der Waals surface area contributed by atoms with Crippen LogP contribution >= 0.6 is 0 Å². The average Bonchev–Trinajstić information content (AvgIpc) is 2.64. The van der Waals surface area contributed by atoms with Gasteiger partial charge < -0.3 is 34.0 Å². The maximum atomic E-state index is 11.8. The Morgan fingerprint density at radius 2 is 1.88 bits per heavy atom. The number of benzene rings is 1. The van der Waals surface area contributed by atoms with E-state index in [4.69, 9.17) is 18.9 Å². The van der Waals surface area contributed by atoms with Crippen LogP contribution in [-0.4, -0.2) is 59.3 Å². The first-order valence-corrected chi connectivity index (χ1v) is 8.48. The minimum Gasteiger partial charge on any atom is -0.454 e. The zero-order valence-corrected chi connectivity index (χ0v) is 14.3. The molecular formula is C18H22O8. The smallest absolute Gasteiger partial charge is 0.306 e. The molecule has 0 aromatic heterocycles. The zero-order valence-electron chi connectivity index (χ0n) is 14.3. The summed E-state index contributed by atoms with van der Waals surface area (Å²) in [6.45, 7) is 1.48. The van der Waals surface area contributed by atoms with E-state index in [0.717, 1.165) is 5.56 Å². The highest BCUT2D eigenvalue weighted by Crippen LogP contribution is 2.34. The number of hydrogen-bond acceptors (Lipinski definition) is 8. The van der Waals surface area contributed by atoms with E-state index in [1.807, 2.05) is 30.3 Å². The van der Waals surface area contributed by atoms with Crippen LogP contribution < -0.4 is 0 Å². The second-order valence-electron chi connectivity index (χ2n) is 6.39. The van der Waals surface area contributed by atoms with Crippen LogP contribution in [0.5, 0.6) is 0 Å². The van der Waals surface area contributed by atoms with Crippen molar-refractivity contribution >= 4 is 11.8 Å². The SMILES string of the molecule is CC(=O)CCC(=O)O[C@@H]1[C@@H](O)[C@@H]2OC(c3ccccc3)OC[C@H]2O[C@H]1O. The molecule has 0 amide bonds. The molecule has 0 saturated carbocycles. The van der Waals surface area contributed by atoms with Gasteiger partial charge in [0, 0.05) is 12.0 Å². The number of aliphatic hydroxyl groups is 2. The van der Waals surface area contributed by atoms with Gasteiger partial charge in [0.2, 0.25) is 0 Å². The van der Waals surface area contributed by atoms with Crippen LogP contribution in [0.1, 0.15) is 31.6 Å². The van der Waals surface area contributed by atoms with Gasteiger partial charge in [0.15, 0.2) is 18.7 Å². The summed E-state index contributed by atoms with van der Waals surface area (Å²) >= 11 is 0. The summed E-state index contributed by atoms with van der Waals surface area (Å²) < 4.78 is 21.9. The molecule has 6 atom stereocenters. The molecule has 1 aromatic rings. The molecule has 2 fully saturated rings. The number of ketones is 1. The number of ether oxygens (including phenoxy) is 4. The van der Waals surface area contributed by atoms with Crippen LogP contribution in [-0.2, 0) is 28.5 Å². The monoisotopic (exact) mass is 366 g/mol. The summed E-state index contributed by atoms with van der Waals surface area (Å²) in [5.41, 5.74) is 0.777. The number of carbonyl (C=O) groups is 2. The first-order valence-electron chi connectivity index (χ1n) is 8.48. The Morgan fingerprint density at radius 1 is 1.15 bits per heavy atom. The highest BCUT2D eigenvalue weighted by Gasteiger charge is 2.50. The highest BCUT2D eigenvalue weighted by molar-refractivity contribution is 5.81. The second-order valence-corrected chi connectivity index (χ2v) is 6.39. The Balaban J connectivity index is 1.65. The van der Waals surface area contributed by atoms with Crippen molar-refractivity contribution in [2.75, 3.05) is 6.61 Å². The fraction of sp³-hybridized carbons (Fsp3) is 0.556. The Bertz CT molecular complexity index is 633. The molecule has 8 heteroatoms. The van der Waals surface area contributed by atoms with Gasteiger partial charge in [-0.15, -0.1) is 0 Å². The van der Waals surface area contributed by atoms with Crippen molar-refractivity contribution in [3.63, 3.8) is 0 Å². The van der Waals surface area contributed by atoms with E-state index >= 15 is 0 Å². The lowest BCUT2D eigenvalue weighted by Crippen LogP contribution is -2.62. The van der Waals surface area contributed by atoms with Gasteiger partial charge in [-0.1, -0.05) is 30.3 Å². The molecule has 2 heterocycles. The minimum absolute atomic E-state index is 0.0328. The summed E-state index contributed by atoms with van der Waals surface area (Å²) in [6, 6.07) is 9.20. The van der Waals surface area contributed by atoms with Crippen molar-refractivity contribution < 1.29 is 38.7 Å². The average molecular weight is 366 g/mol. The third-order valence-electron chi connectivity index (χ3n) is 4.35. The molecule has 0 bridgehead atoms. The first kappa shape index (κ1) is 18.9. The Hall–Kier alpha value is -1.84. The van der Waals surface area contributed by atoms with Crippen molar-refractivity contribution in [2.45, 2.75) is 56.8 Å². The van der Waals surface area contributed by atoms with Gasteiger partial charge in [-0.25, -0.2) is 0 Å². The lowest BCUT2D eigenvalue weighted by molar-refractivity contribution is -0.355. The quantitative estimate of drug-likeness (QED) is 0.723. The van der Waals surface area contributed by atoms with Gasteiger partial charge >= 0.3 is 5.97 Å². The van der Waals surface area contributed by atoms with Crippen LogP contribution in [0.15, 0.2) is 30.3 Å². The maximum absolute atomic E-state index is 11.8. The fourth-order valence-electron chi connectivity index (χ4n) is 2.98. The minimum atomic E-state index is -1.51. The standard InChI is InChI=1S/C18H22O8/c1-10(19)7-8-13(20)25-16-14(21)15-12(24-17(16)22)9-23-18(26-15)11-5-3-2-4-6-11/h2-6,12,14-18,21-22H,7-9H2,1H3/t12-,14+,15-,16-,17-,18?/m1/s1. The van der Waals surface area contributed by atoms with E-state index < -0.39 is 43.0 Å². The van der Waals surface area contributed by atoms with Gasteiger partial charge in [-0.3, -0.25) is 4.79 Å². The van der Waals surface area contributed by atoms with Crippen molar-refractivity contribution in [3.05, 3.63) is 35.9 Å². The number of aliphatic hydroxyl groups excluding tert-OH is 2. The normalized spacial score (nSPS) is 34.0. The highest BCUT2D eigenvalue weighted by atomic mass is 16.7. The van der Waals surface area contributed by atoms with E-state index in [0.29, 0.717) is 0 Å². The number of hydrogen-bond donors (Lipinski definition) is 2. The second kappa shape index (κ2) is 8.24. The maximum Gasteiger partial charge on any atom is 0.306 e. The third kappa shape index (κ3) is 4.28. The van der Waals surface area contributed by atoms with E-state index in [1.165, 1.54) is 6.92 Å². The molecule has 2 saturated heterocycles. The molecule has 0 radical (unpaired) electrons. The summed E-state index contributed by atoms with van der Waals surface area (Å²) in [6.07, 6.45) is -6.41. The van der Waals surface area contributed by atoms with E-state index in [1.54, 1.807) is 0 Å². The topological polar surface area (TPSA) is 112 Å². The van der Waals surface area contributed by atoms with Crippen molar-refractivity contribution in [1.29, 1.82) is 0 Å². The molecule has 26 heavy (non-hydrogen) atoms. The van der Waals surface area contributed by atoms with Crippen molar-refractivity contribution in [1.82, 2.24) is 0 Å². The van der Waals surface area contributed by atoms with Crippen molar-refractivity contribution in [3.8, 4) is 0 Å². The van der Waals surface area contributed by atoms with E-state index in [9.17, 15) is 19.8 Å². The van der Waals surface area contributed by atoms with Crippen LogP contribution in [0.2, 0.25) is 0 Å². The van der Waals surface area contributed by atoms with Gasteiger partial charge in [-0.2, -0.15) is 0 Å². The largest absolute Gasteiger partial charge is 0.454 e. The van der Waals surface area contributed by atoms with E-state index in [2.05, 4.69) is 0 Å². The number of rotatable bonds is 5. The molecule has 142 valence electrons. The predicted molar refractivity (Wildman–Crippen MR) is 86.7 cm³/mol. The van der Waals surface area contributed by atoms with Gasteiger partial charge in [0.25, 0.3) is 0 Å². The zero-order chi connectivity index (χ0) is 18.7. The lowest BCUT2D eigenvalue weighted by Gasteiger charge is -2.46. The molecule has 1 aromatic carbocycles. The van der Waals surface area contributed by atoms with Crippen LogP contribution in [0.3, 0.4) is 0 Å². The molecule has 3 rings (SSSR count). The third-order valence-corrected chi connectivity index (χ3v) is 4.35. The first-order chi connectivity index (χ1) is 12.5. The summed E-state index contributed by atoms with van der Waals surface area (Å²) in [7, 11) is 0. The molecule has 2 aliphatic heterocycles. The van der Waals surface area contributed by atoms with Gasteiger partial charge in [0.1, 0.15) is 24.1 Å². The van der Waals surface area contributed by atoms with E-state index in [-0.39, 0.29) is 25.2 Å². The number of fused-ring (bicyclic) bond motifs is 1. The summed E-state index contributed by atoms with van der Waals surface area (Å²) in [5, 5.41) is 20.6. The summed E-state index contributed by atoms with van der Waals surface area (Å²) in [5.74, 6) is -0.849. The molecule has 2 N–H and O–H groups in total. The van der Waals surface area contributed by atoms with Crippen LogP contribution in [0.25, 0.3) is 0 Å². The number of Topliss-reactive ketones (excluding diaryl/α,β-unsaturated/α-hetero) is 1. The fourth-order valence-corrected chi connectivity index (χ4v) is 2.98. The Labute approximate surface area is 150 Å². The van der Waals surface area contributed by atoms with Gasteiger partial charge in [0.05, 0.1) is 13.0 Å². The van der Waals surface area contributed by atoms with Crippen LogP contribution in [0, 0.1) is 0 Å². The van der Waals surface area contributed by atoms with Crippen LogP contribution in [0.4, 0.5) is 0 Å². The predicted octanol–water partition coefficient (Wildman–Crippen LogP) is 0.460.